The molecule has 0 radical (unpaired) electrons. The molecule has 2 fully saturated rings. The molecule has 2 aliphatic rings. The van der Waals surface area contributed by atoms with E-state index in [4.69, 9.17) is 5.11 Å². The molecule has 1 atom stereocenters. The Morgan fingerprint density at radius 3 is 2.44 bits per heavy atom. The van der Waals surface area contributed by atoms with E-state index in [1.165, 1.54) is 4.90 Å². The number of halogens is 2. The number of likely N-dealkylation sites (tertiary alicyclic amines) is 1. The molecule has 2 rings (SSSR count). The number of nitrogens with zero attached hydrogens (tertiary/aromatic N) is 1. The molecule has 0 aromatic heterocycles. The van der Waals surface area contributed by atoms with Gasteiger partial charge in [0.1, 0.15) is 6.04 Å². The number of carboxylic acid groups (broad SMARTS) is 1. The third kappa shape index (κ3) is 1.88. The molecule has 1 saturated carbocycles. The maximum absolute atomic E-state index is 12.6. The fourth-order valence-corrected chi connectivity index (χ4v) is 2.36. The first-order valence-electron chi connectivity index (χ1n) is 5.32. The Hall–Kier alpha value is -1.20. The minimum Gasteiger partial charge on any atom is -0.480 e. The molecule has 1 amide bonds. The average Bonchev–Trinajstić information content (AvgIpc) is 2.60. The zero-order valence-corrected chi connectivity index (χ0v) is 8.66. The fourth-order valence-electron chi connectivity index (χ4n) is 2.36. The second-order valence-electron chi connectivity index (χ2n) is 4.49. The van der Waals surface area contributed by atoms with Gasteiger partial charge in [0.15, 0.2) is 0 Å². The number of carbonyl (C=O) groups excluding carboxylic acids is 1. The summed E-state index contributed by atoms with van der Waals surface area (Å²) in [5.41, 5.74) is 0. The number of amides is 1. The molecule has 1 N–H and O–H groups in total. The lowest BCUT2D eigenvalue weighted by Gasteiger charge is -2.37. The van der Waals surface area contributed by atoms with E-state index in [1.807, 2.05) is 0 Å². The van der Waals surface area contributed by atoms with E-state index in [1.54, 1.807) is 0 Å². The fraction of sp³-hybridized carbons (Fsp3) is 0.800. The van der Waals surface area contributed by atoms with Crippen LogP contribution in [0, 0.1) is 5.92 Å². The van der Waals surface area contributed by atoms with Crippen LogP contribution in [-0.4, -0.2) is 40.4 Å². The van der Waals surface area contributed by atoms with Gasteiger partial charge in [-0.15, -0.1) is 0 Å². The molecule has 0 bridgehead atoms. The molecule has 0 spiro atoms. The quantitative estimate of drug-likeness (QED) is 0.777. The summed E-state index contributed by atoms with van der Waals surface area (Å²) in [4.78, 5) is 23.8. The molecule has 90 valence electrons. The van der Waals surface area contributed by atoms with Gasteiger partial charge in [0.05, 0.1) is 0 Å². The van der Waals surface area contributed by atoms with E-state index in [0.717, 1.165) is 0 Å². The molecule has 6 heteroatoms. The summed E-state index contributed by atoms with van der Waals surface area (Å²) in [5, 5.41) is 8.87. The number of aliphatic carboxylic acids is 1. The van der Waals surface area contributed by atoms with Gasteiger partial charge in [0.25, 0.3) is 0 Å². The Morgan fingerprint density at radius 1 is 1.31 bits per heavy atom. The van der Waals surface area contributed by atoms with Crippen LogP contribution in [0.1, 0.15) is 25.7 Å². The molecule has 0 unspecified atom stereocenters. The third-order valence-electron chi connectivity index (χ3n) is 3.26. The average molecular weight is 233 g/mol. The Bertz CT molecular complexity index is 324. The van der Waals surface area contributed by atoms with E-state index < -0.39 is 42.6 Å². The second-order valence-corrected chi connectivity index (χ2v) is 4.49. The number of rotatable bonds is 2. The van der Waals surface area contributed by atoms with Crippen LogP contribution in [0.3, 0.4) is 0 Å². The molecule has 1 aliphatic heterocycles. The first kappa shape index (κ1) is 11.3. The van der Waals surface area contributed by atoms with Crippen molar-refractivity contribution in [2.75, 3.05) is 6.54 Å². The molecule has 0 aromatic rings. The van der Waals surface area contributed by atoms with Gasteiger partial charge in [0.2, 0.25) is 11.8 Å². The van der Waals surface area contributed by atoms with Crippen molar-refractivity contribution >= 4 is 11.9 Å². The van der Waals surface area contributed by atoms with Crippen molar-refractivity contribution in [3.63, 3.8) is 0 Å². The van der Waals surface area contributed by atoms with Crippen LogP contribution in [0.25, 0.3) is 0 Å². The van der Waals surface area contributed by atoms with Crippen molar-refractivity contribution in [1.29, 1.82) is 0 Å². The van der Waals surface area contributed by atoms with Gasteiger partial charge < -0.3 is 10.0 Å². The number of carbonyl (C=O) groups is 2. The smallest absolute Gasteiger partial charge is 0.326 e. The number of hydrogen-bond donors (Lipinski definition) is 1. The van der Waals surface area contributed by atoms with Crippen LogP contribution in [0.2, 0.25) is 0 Å². The summed E-state index contributed by atoms with van der Waals surface area (Å²) in [7, 11) is 0. The highest BCUT2D eigenvalue weighted by Crippen LogP contribution is 2.43. The topological polar surface area (TPSA) is 57.6 Å². The standard InChI is InChI=1S/C10H13F2NO3/c11-10(12)4-6(5-10)8(14)13-3-1-2-7(13)9(15)16/h6-7H,1-5H2,(H,15,16)/t7-/m0/s1. The van der Waals surface area contributed by atoms with Gasteiger partial charge in [-0.25, -0.2) is 13.6 Å². The van der Waals surface area contributed by atoms with Crippen LogP contribution in [0.5, 0.6) is 0 Å². The normalized spacial score (nSPS) is 28.9. The Morgan fingerprint density at radius 2 is 1.94 bits per heavy atom. The number of alkyl halides is 2. The number of carboxylic acids is 1. The van der Waals surface area contributed by atoms with E-state index >= 15 is 0 Å². The molecule has 1 aliphatic carbocycles. The highest BCUT2D eigenvalue weighted by Gasteiger charge is 2.51. The van der Waals surface area contributed by atoms with Crippen LogP contribution < -0.4 is 0 Å². The van der Waals surface area contributed by atoms with Crippen molar-refractivity contribution in [1.82, 2.24) is 4.90 Å². The van der Waals surface area contributed by atoms with E-state index in [2.05, 4.69) is 0 Å². The number of hydrogen-bond acceptors (Lipinski definition) is 2. The van der Waals surface area contributed by atoms with Crippen molar-refractivity contribution in [2.45, 2.75) is 37.6 Å². The summed E-state index contributed by atoms with van der Waals surface area (Å²) >= 11 is 0. The lowest BCUT2D eigenvalue weighted by molar-refractivity contribution is -0.164. The van der Waals surface area contributed by atoms with Gasteiger partial charge in [-0.1, -0.05) is 0 Å². The van der Waals surface area contributed by atoms with Crippen molar-refractivity contribution in [3.05, 3.63) is 0 Å². The first-order chi connectivity index (χ1) is 7.41. The van der Waals surface area contributed by atoms with Gasteiger partial charge in [-0.05, 0) is 12.8 Å². The lowest BCUT2D eigenvalue weighted by Crippen LogP contribution is -2.49. The van der Waals surface area contributed by atoms with Gasteiger partial charge >= 0.3 is 5.97 Å². The van der Waals surface area contributed by atoms with Crippen molar-refractivity contribution in [2.24, 2.45) is 5.92 Å². The molecule has 0 aromatic carbocycles. The Labute approximate surface area is 91.2 Å². The van der Waals surface area contributed by atoms with Crippen LogP contribution in [-0.2, 0) is 9.59 Å². The summed E-state index contributed by atoms with van der Waals surface area (Å²) in [6.45, 7) is 0.373. The molecule has 4 nitrogen and oxygen atoms in total. The molecular formula is C10H13F2NO3. The molecule has 16 heavy (non-hydrogen) atoms. The summed E-state index contributed by atoms with van der Waals surface area (Å²) < 4.78 is 25.2. The summed E-state index contributed by atoms with van der Waals surface area (Å²) in [6, 6.07) is -0.818. The summed E-state index contributed by atoms with van der Waals surface area (Å²) in [6.07, 6.45) is 0.180. The lowest BCUT2D eigenvalue weighted by atomic mass is 9.80. The van der Waals surface area contributed by atoms with E-state index in [0.29, 0.717) is 19.4 Å². The predicted octanol–water partition coefficient (Wildman–Crippen LogP) is 1.11. The zero-order chi connectivity index (χ0) is 11.9. The molecule has 1 saturated heterocycles. The van der Waals surface area contributed by atoms with Gasteiger partial charge in [-0.2, -0.15) is 0 Å². The monoisotopic (exact) mass is 233 g/mol. The first-order valence-corrected chi connectivity index (χ1v) is 5.32. The SMILES string of the molecule is O=C(O)[C@@H]1CCCN1C(=O)C1CC(F)(F)C1. The van der Waals surface area contributed by atoms with Crippen LogP contribution in [0.4, 0.5) is 8.78 Å². The van der Waals surface area contributed by atoms with Crippen molar-refractivity contribution in [3.8, 4) is 0 Å². The minimum atomic E-state index is -2.74. The minimum absolute atomic E-state index is 0.373. The third-order valence-corrected chi connectivity index (χ3v) is 3.26. The Balaban J connectivity index is 1.97. The van der Waals surface area contributed by atoms with E-state index in [-0.39, 0.29) is 0 Å². The molecule has 1 heterocycles. The Kier molecular flexibility index (Phi) is 2.59. The largest absolute Gasteiger partial charge is 0.480 e. The van der Waals surface area contributed by atoms with E-state index in [9.17, 15) is 18.4 Å². The summed E-state index contributed by atoms with van der Waals surface area (Å²) in [5.74, 6) is -4.89. The van der Waals surface area contributed by atoms with Gasteiger partial charge in [-0.3, -0.25) is 4.79 Å². The van der Waals surface area contributed by atoms with Crippen LogP contribution in [0.15, 0.2) is 0 Å². The highest BCUT2D eigenvalue weighted by molar-refractivity contribution is 5.86. The second kappa shape index (κ2) is 3.68. The maximum atomic E-state index is 12.6. The zero-order valence-electron chi connectivity index (χ0n) is 8.66. The molecular weight excluding hydrogens is 220 g/mol. The van der Waals surface area contributed by atoms with Crippen molar-refractivity contribution < 1.29 is 23.5 Å². The van der Waals surface area contributed by atoms with Gasteiger partial charge in [0, 0.05) is 25.3 Å². The van der Waals surface area contributed by atoms with Crippen LogP contribution >= 0.6 is 0 Å². The maximum Gasteiger partial charge on any atom is 0.326 e. The highest BCUT2D eigenvalue weighted by atomic mass is 19.3. The predicted molar refractivity (Wildman–Crippen MR) is 50.0 cm³/mol.